The van der Waals surface area contributed by atoms with Crippen LogP contribution in [-0.2, 0) is 4.79 Å². The van der Waals surface area contributed by atoms with Crippen LogP contribution in [0.1, 0.15) is 13.8 Å². The third-order valence-corrected chi connectivity index (χ3v) is 8.46. The Morgan fingerprint density at radius 3 is 2.94 bits per heavy atom. The Morgan fingerprint density at radius 2 is 2.15 bits per heavy atom. The van der Waals surface area contributed by atoms with Gasteiger partial charge in [-0.15, -0.1) is 6.58 Å². The molecule has 1 unspecified atom stereocenters. The van der Waals surface area contributed by atoms with Crippen molar-refractivity contribution < 1.29 is 23.2 Å². The zero-order valence-electron chi connectivity index (χ0n) is 27.1. The molecule has 47 heavy (non-hydrogen) atoms. The standard InChI is InChI=1S/C36H39FN7O3/c1-6-23(2)24(3)30-19-27(13-14-38-30)47-32-12-9-25(18-28(32)37)41-36-34-29(39-22-40-36)10-11-31-35(34)46-21-26-20-43(16-17-44(26)31)33(45)8-7-15-42(4)5/h6-14,18-19,22-23,38H,1,15-17,20-21H2,2-5H3,(H,39,40,41)/q+1/b8-7+,30-24-. The largest absolute Gasteiger partial charge is 0.475 e. The SMILES string of the molecule is C=CC(C)/C(C)=C1/C=C(Oc2ccc(Nc3ncnc4ccc5c(c34)OCC3=[N+]5CCN(C(=O)/C=C/CN(C)C)C3)cc2F)C=CN1. The number of likely N-dealkylation sites (N-methyl/N-ethyl adjacent to an activating group) is 1. The normalized spacial score (nSPS) is 17.5. The number of halogens is 1. The molecule has 2 N–H and O–H groups in total. The predicted molar refractivity (Wildman–Crippen MR) is 182 cm³/mol. The minimum absolute atomic E-state index is 0.00868. The third-order valence-electron chi connectivity index (χ3n) is 8.46. The summed E-state index contributed by atoms with van der Waals surface area (Å²) in [7, 11) is 3.93. The molecule has 1 atom stereocenters. The first-order chi connectivity index (χ1) is 22.7. The highest BCUT2D eigenvalue weighted by molar-refractivity contribution is 6.01. The van der Waals surface area contributed by atoms with Gasteiger partial charge in [0.1, 0.15) is 24.4 Å². The number of nitrogens with zero attached hydrogens (tertiary/aromatic N) is 5. The monoisotopic (exact) mass is 636 g/mol. The van der Waals surface area contributed by atoms with Crippen LogP contribution in [0.2, 0.25) is 0 Å². The Kier molecular flexibility index (Phi) is 9.17. The van der Waals surface area contributed by atoms with E-state index in [9.17, 15) is 4.79 Å². The van der Waals surface area contributed by atoms with Crippen LogP contribution in [0.15, 0.2) is 96.8 Å². The molecule has 0 radical (unpaired) electrons. The molecule has 6 rings (SSSR count). The topological polar surface area (TPSA) is 94.9 Å². The van der Waals surface area contributed by atoms with Crippen molar-refractivity contribution in [1.29, 1.82) is 0 Å². The number of anilines is 2. The number of carbonyl (C=O) groups excluding carboxylic acids is 1. The first-order valence-corrected chi connectivity index (χ1v) is 15.6. The molecule has 1 amide bonds. The Bertz CT molecular complexity index is 1890. The van der Waals surface area contributed by atoms with E-state index in [-0.39, 0.29) is 17.6 Å². The fraction of sp³-hybridized carbons (Fsp3) is 0.278. The van der Waals surface area contributed by atoms with Crippen molar-refractivity contribution in [3.05, 3.63) is 103 Å². The highest BCUT2D eigenvalue weighted by Gasteiger charge is 2.36. The van der Waals surface area contributed by atoms with Gasteiger partial charge in [-0.25, -0.2) is 14.4 Å². The van der Waals surface area contributed by atoms with Crippen LogP contribution in [0, 0.1) is 11.7 Å². The van der Waals surface area contributed by atoms with E-state index in [1.807, 2.05) is 61.2 Å². The van der Waals surface area contributed by atoms with Crippen LogP contribution in [0.4, 0.5) is 21.6 Å². The van der Waals surface area contributed by atoms with Crippen molar-refractivity contribution >= 4 is 39.7 Å². The summed E-state index contributed by atoms with van der Waals surface area (Å²) in [6.07, 6.45) is 12.2. The fourth-order valence-corrected chi connectivity index (χ4v) is 5.64. The highest BCUT2D eigenvalue weighted by Crippen LogP contribution is 2.41. The van der Waals surface area contributed by atoms with Gasteiger partial charge in [0.25, 0.3) is 0 Å². The summed E-state index contributed by atoms with van der Waals surface area (Å²) in [4.78, 5) is 25.6. The lowest BCUT2D eigenvalue weighted by atomic mass is 10.00. The first-order valence-electron chi connectivity index (χ1n) is 15.6. The van der Waals surface area contributed by atoms with Gasteiger partial charge in [-0.1, -0.05) is 19.1 Å². The molecular weight excluding hydrogens is 597 g/mol. The van der Waals surface area contributed by atoms with Gasteiger partial charge in [-0.05, 0) is 56.8 Å². The molecule has 2 aromatic carbocycles. The van der Waals surface area contributed by atoms with Crippen LogP contribution < -0.4 is 20.1 Å². The van der Waals surface area contributed by atoms with Crippen molar-refractivity contribution in [1.82, 2.24) is 25.1 Å². The van der Waals surface area contributed by atoms with Gasteiger partial charge in [-0.2, -0.15) is 4.58 Å². The lowest BCUT2D eigenvalue weighted by Gasteiger charge is -2.29. The molecule has 3 aliphatic heterocycles. The number of fused-ring (bicyclic) bond motifs is 4. The lowest BCUT2D eigenvalue weighted by molar-refractivity contribution is -0.453. The number of amides is 1. The number of allylic oxidation sites excluding steroid dienone is 4. The van der Waals surface area contributed by atoms with Crippen LogP contribution in [-0.4, -0.2) is 82.8 Å². The minimum atomic E-state index is -0.524. The molecule has 0 fully saturated rings. The number of dihydropyridines is 1. The smallest absolute Gasteiger partial charge is 0.248 e. The zero-order chi connectivity index (χ0) is 33.1. The van der Waals surface area contributed by atoms with Crippen LogP contribution >= 0.6 is 0 Å². The van der Waals surface area contributed by atoms with Crippen LogP contribution in [0.5, 0.6) is 11.5 Å². The quantitative estimate of drug-likeness (QED) is 0.183. The molecule has 0 bridgehead atoms. The summed E-state index contributed by atoms with van der Waals surface area (Å²) >= 11 is 0. The molecule has 0 saturated heterocycles. The molecule has 11 heteroatoms. The van der Waals surface area contributed by atoms with E-state index in [4.69, 9.17) is 9.47 Å². The number of nitrogens with one attached hydrogen (secondary N) is 2. The molecule has 3 aromatic rings. The van der Waals surface area contributed by atoms with Gasteiger partial charge in [-0.3, -0.25) is 4.79 Å². The molecule has 10 nitrogen and oxygen atoms in total. The molecule has 3 aliphatic rings. The summed E-state index contributed by atoms with van der Waals surface area (Å²) in [5, 5.41) is 7.17. The van der Waals surface area contributed by atoms with E-state index in [1.165, 1.54) is 12.4 Å². The van der Waals surface area contributed by atoms with Crippen molar-refractivity contribution in [3.63, 3.8) is 0 Å². The van der Waals surface area contributed by atoms with Gasteiger partial charge in [0.2, 0.25) is 23.1 Å². The summed E-state index contributed by atoms with van der Waals surface area (Å²) in [6, 6.07) is 8.61. The van der Waals surface area contributed by atoms with Crippen molar-refractivity contribution in [2.45, 2.75) is 13.8 Å². The molecule has 4 heterocycles. The summed E-state index contributed by atoms with van der Waals surface area (Å²) < 4.78 is 29.8. The zero-order valence-corrected chi connectivity index (χ0v) is 27.1. The molecule has 1 aromatic heterocycles. The van der Waals surface area contributed by atoms with Crippen molar-refractivity contribution in [2.24, 2.45) is 5.92 Å². The number of hydrogen-bond donors (Lipinski definition) is 2. The van der Waals surface area contributed by atoms with E-state index in [0.717, 1.165) is 22.7 Å². The maximum absolute atomic E-state index is 15.4. The average molecular weight is 637 g/mol. The van der Waals surface area contributed by atoms with E-state index in [2.05, 4.69) is 38.7 Å². The second-order valence-corrected chi connectivity index (χ2v) is 12.0. The number of benzene rings is 2. The summed E-state index contributed by atoms with van der Waals surface area (Å²) in [6.45, 7) is 10.7. The maximum atomic E-state index is 15.4. The Labute approximate surface area is 273 Å². The van der Waals surface area contributed by atoms with Gasteiger partial charge in [0, 0.05) is 48.4 Å². The number of rotatable bonds is 9. The Morgan fingerprint density at radius 1 is 1.30 bits per heavy atom. The molecule has 0 spiro atoms. The first kappa shape index (κ1) is 31.7. The number of hydrogen-bond acceptors (Lipinski definition) is 8. The van der Waals surface area contributed by atoms with Crippen molar-refractivity contribution in [2.75, 3.05) is 52.2 Å². The van der Waals surface area contributed by atoms with Gasteiger partial charge in [0.05, 0.1) is 17.4 Å². The maximum Gasteiger partial charge on any atom is 0.248 e. The number of carbonyl (C=O) groups is 1. The van der Waals surface area contributed by atoms with Gasteiger partial charge >= 0.3 is 0 Å². The third kappa shape index (κ3) is 6.80. The van der Waals surface area contributed by atoms with Crippen molar-refractivity contribution in [3.8, 4) is 11.5 Å². The lowest BCUT2D eigenvalue weighted by Crippen LogP contribution is -2.48. The number of ether oxygens (including phenoxy) is 2. The van der Waals surface area contributed by atoms with Crippen LogP contribution in [0.25, 0.3) is 10.9 Å². The van der Waals surface area contributed by atoms with E-state index >= 15 is 4.39 Å². The summed E-state index contributed by atoms with van der Waals surface area (Å²) in [5.41, 5.74) is 5.08. The Balaban J connectivity index is 1.23. The average Bonchev–Trinajstić information content (AvgIpc) is 3.08. The predicted octanol–water partition coefficient (Wildman–Crippen LogP) is 5.43. The molecule has 0 aliphatic carbocycles. The van der Waals surface area contributed by atoms with Gasteiger partial charge < -0.3 is 29.9 Å². The minimum Gasteiger partial charge on any atom is -0.475 e. The van der Waals surface area contributed by atoms with E-state index in [1.54, 1.807) is 30.5 Å². The van der Waals surface area contributed by atoms with E-state index in [0.29, 0.717) is 66.7 Å². The number of aromatic nitrogens is 2. The second-order valence-electron chi connectivity index (χ2n) is 12.0. The Hall–Kier alpha value is -5.29. The van der Waals surface area contributed by atoms with Gasteiger partial charge in [0.15, 0.2) is 24.7 Å². The fourth-order valence-electron chi connectivity index (χ4n) is 5.64. The second kappa shape index (κ2) is 13.6. The summed E-state index contributed by atoms with van der Waals surface area (Å²) in [5.74, 6) is 1.41. The molecule has 242 valence electrons. The highest BCUT2D eigenvalue weighted by atomic mass is 19.1. The molecule has 0 saturated carbocycles. The molecular formula is C36H39FN7O3+. The van der Waals surface area contributed by atoms with E-state index < -0.39 is 5.82 Å². The van der Waals surface area contributed by atoms with Crippen LogP contribution in [0.3, 0.4) is 0 Å².